The lowest BCUT2D eigenvalue weighted by Gasteiger charge is -2.36. The molecule has 2 nitrogen and oxygen atoms in total. The standard InChI is InChI=1S/C14H20BrNO/c1-10-6-7-11(2)16(8-10)9-12-4-3-5-13(15)14(12)17/h3-5,10-11,17H,6-9H2,1-2H3. The molecule has 0 aromatic heterocycles. The molecular weight excluding hydrogens is 278 g/mol. The molecular formula is C14H20BrNO. The van der Waals surface area contributed by atoms with E-state index in [2.05, 4.69) is 34.7 Å². The molecule has 1 heterocycles. The number of benzene rings is 1. The van der Waals surface area contributed by atoms with Gasteiger partial charge in [-0.05, 0) is 47.7 Å². The van der Waals surface area contributed by atoms with Gasteiger partial charge in [0.05, 0.1) is 4.47 Å². The van der Waals surface area contributed by atoms with Crippen molar-refractivity contribution in [3.63, 3.8) is 0 Å². The first-order valence-electron chi connectivity index (χ1n) is 6.28. The van der Waals surface area contributed by atoms with Gasteiger partial charge in [0.15, 0.2) is 0 Å². The zero-order valence-corrected chi connectivity index (χ0v) is 12.1. The van der Waals surface area contributed by atoms with Crippen LogP contribution in [0.4, 0.5) is 0 Å². The summed E-state index contributed by atoms with van der Waals surface area (Å²) >= 11 is 3.37. The molecule has 1 N–H and O–H groups in total. The molecule has 1 aliphatic rings. The molecule has 0 bridgehead atoms. The Morgan fingerprint density at radius 1 is 1.35 bits per heavy atom. The summed E-state index contributed by atoms with van der Waals surface area (Å²) in [6.45, 7) is 6.56. The van der Waals surface area contributed by atoms with Gasteiger partial charge in [-0.3, -0.25) is 4.90 Å². The molecule has 1 fully saturated rings. The number of nitrogens with zero attached hydrogens (tertiary/aromatic N) is 1. The number of hydrogen-bond acceptors (Lipinski definition) is 2. The molecule has 94 valence electrons. The van der Waals surface area contributed by atoms with E-state index < -0.39 is 0 Å². The topological polar surface area (TPSA) is 23.5 Å². The van der Waals surface area contributed by atoms with Gasteiger partial charge < -0.3 is 5.11 Å². The molecule has 17 heavy (non-hydrogen) atoms. The minimum atomic E-state index is 0.387. The number of aromatic hydroxyl groups is 1. The van der Waals surface area contributed by atoms with E-state index >= 15 is 0 Å². The molecule has 1 aromatic rings. The van der Waals surface area contributed by atoms with E-state index in [0.717, 1.165) is 29.0 Å². The van der Waals surface area contributed by atoms with Crippen molar-refractivity contribution in [1.82, 2.24) is 4.90 Å². The average Bonchev–Trinajstić information content (AvgIpc) is 2.30. The van der Waals surface area contributed by atoms with Crippen molar-refractivity contribution in [3.8, 4) is 5.75 Å². The van der Waals surface area contributed by atoms with Crippen LogP contribution in [-0.2, 0) is 6.54 Å². The first kappa shape index (κ1) is 12.9. The lowest BCUT2D eigenvalue weighted by atomic mass is 9.94. The molecule has 0 radical (unpaired) electrons. The van der Waals surface area contributed by atoms with Gasteiger partial charge in [0, 0.05) is 24.7 Å². The molecule has 0 amide bonds. The van der Waals surface area contributed by atoms with E-state index in [1.54, 1.807) is 0 Å². The largest absolute Gasteiger partial charge is 0.506 e. The van der Waals surface area contributed by atoms with E-state index in [9.17, 15) is 5.11 Å². The van der Waals surface area contributed by atoms with Crippen LogP contribution < -0.4 is 0 Å². The Labute approximate surface area is 112 Å². The Hall–Kier alpha value is -0.540. The Balaban J connectivity index is 2.11. The van der Waals surface area contributed by atoms with E-state index in [4.69, 9.17) is 0 Å². The van der Waals surface area contributed by atoms with Crippen LogP contribution in [0.3, 0.4) is 0 Å². The Morgan fingerprint density at radius 3 is 2.88 bits per heavy atom. The quantitative estimate of drug-likeness (QED) is 0.898. The van der Waals surface area contributed by atoms with Gasteiger partial charge in [0.1, 0.15) is 5.75 Å². The minimum Gasteiger partial charge on any atom is -0.506 e. The molecule has 0 spiro atoms. The summed E-state index contributed by atoms with van der Waals surface area (Å²) < 4.78 is 0.785. The molecule has 1 aliphatic heterocycles. The number of piperidine rings is 1. The second-order valence-corrected chi connectivity index (χ2v) is 6.06. The fourth-order valence-electron chi connectivity index (χ4n) is 2.51. The normalized spacial score (nSPS) is 26.1. The predicted molar refractivity (Wildman–Crippen MR) is 74.1 cm³/mol. The number of phenols is 1. The second kappa shape index (κ2) is 5.40. The smallest absolute Gasteiger partial charge is 0.134 e. The lowest BCUT2D eigenvalue weighted by Crippen LogP contribution is -2.40. The Kier molecular flexibility index (Phi) is 4.10. The van der Waals surface area contributed by atoms with Crippen molar-refractivity contribution in [1.29, 1.82) is 0 Å². The van der Waals surface area contributed by atoms with Crippen molar-refractivity contribution < 1.29 is 5.11 Å². The second-order valence-electron chi connectivity index (χ2n) is 5.21. The third-order valence-corrected chi connectivity index (χ3v) is 4.33. The number of para-hydroxylation sites is 1. The van der Waals surface area contributed by atoms with Crippen LogP contribution in [0, 0.1) is 5.92 Å². The van der Waals surface area contributed by atoms with Gasteiger partial charge in [0.25, 0.3) is 0 Å². The van der Waals surface area contributed by atoms with Gasteiger partial charge in [-0.2, -0.15) is 0 Å². The summed E-state index contributed by atoms with van der Waals surface area (Å²) in [6.07, 6.45) is 2.58. The van der Waals surface area contributed by atoms with Crippen LogP contribution in [-0.4, -0.2) is 22.6 Å². The summed E-state index contributed by atoms with van der Waals surface area (Å²) in [6, 6.07) is 6.48. The molecule has 0 aliphatic carbocycles. The van der Waals surface area contributed by atoms with E-state index in [0.29, 0.717) is 11.8 Å². The van der Waals surface area contributed by atoms with Crippen LogP contribution in [0.2, 0.25) is 0 Å². The van der Waals surface area contributed by atoms with E-state index in [1.807, 2.05) is 18.2 Å². The van der Waals surface area contributed by atoms with E-state index in [-0.39, 0.29) is 0 Å². The molecule has 1 saturated heterocycles. The van der Waals surface area contributed by atoms with Crippen LogP contribution in [0.1, 0.15) is 32.3 Å². The van der Waals surface area contributed by atoms with Crippen molar-refractivity contribution in [3.05, 3.63) is 28.2 Å². The lowest BCUT2D eigenvalue weighted by molar-refractivity contribution is 0.116. The van der Waals surface area contributed by atoms with Crippen molar-refractivity contribution in [2.45, 2.75) is 39.3 Å². The number of phenolic OH excluding ortho intramolecular Hbond substituents is 1. The molecule has 2 atom stereocenters. The summed E-state index contributed by atoms with van der Waals surface area (Å²) in [5.41, 5.74) is 1.01. The van der Waals surface area contributed by atoms with Gasteiger partial charge in [-0.25, -0.2) is 0 Å². The minimum absolute atomic E-state index is 0.387. The molecule has 3 heteroatoms. The summed E-state index contributed by atoms with van der Waals surface area (Å²) in [7, 11) is 0. The van der Waals surface area contributed by atoms with Crippen LogP contribution in [0.15, 0.2) is 22.7 Å². The molecule has 2 unspecified atom stereocenters. The number of halogens is 1. The average molecular weight is 298 g/mol. The van der Waals surface area contributed by atoms with Gasteiger partial charge in [0.2, 0.25) is 0 Å². The number of likely N-dealkylation sites (tertiary alicyclic amines) is 1. The van der Waals surface area contributed by atoms with Gasteiger partial charge in [-0.15, -0.1) is 0 Å². The third kappa shape index (κ3) is 3.02. The predicted octanol–water partition coefficient (Wildman–Crippen LogP) is 3.78. The highest BCUT2D eigenvalue weighted by Crippen LogP contribution is 2.30. The highest BCUT2D eigenvalue weighted by molar-refractivity contribution is 9.10. The fourth-order valence-corrected chi connectivity index (χ4v) is 2.91. The zero-order chi connectivity index (χ0) is 12.4. The summed E-state index contributed by atoms with van der Waals surface area (Å²) in [5.74, 6) is 1.15. The van der Waals surface area contributed by atoms with Crippen LogP contribution in [0.25, 0.3) is 0 Å². The first-order valence-corrected chi connectivity index (χ1v) is 7.07. The Morgan fingerprint density at radius 2 is 2.12 bits per heavy atom. The highest BCUT2D eigenvalue weighted by atomic mass is 79.9. The van der Waals surface area contributed by atoms with Crippen molar-refractivity contribution in [2.24, 2.45) is 5.92 Å². The highest BCUT2D eigenvalue weighted by Gasteiger charge is 2.23. The van der Waals surface area contributed by atoms with Crippen LogP contribution >= 0.6 is 15.9 Å². The fraction of sp³-hybridized carbons (Fsp3) is 0.571. The molecule has 1 aromatic carbocycles. The van der Waals surface area contributed by atoms with E-state index in [1.165, 1.54) is 12.8 Å². The maximum absolute atomic E-state index is 10.0. The van der Waals surface area contributed by atoms with Gasteiger partial charge in [-0.1, -0.05) is 19.1 Å². The molecule has 0 saturated carbocycles. The number of rotatable bonds is 2. The Bertz CT molecular complexity index is 394. The first-order chi connectivity index (χ1) is 8.08. The molecule has 2 rings (SSSR count). The van der Waals surface area contributed by atoms with Gasteiger partial charge >= 0.3 is 0 Å². The zero-order valence-electron chi connectivity index (χ0n) is 10.5. The van der Waals surface area contributed by atoms with Crippen molar-refractivity contribution in [2.75, 3.05) is 6.54 Å². The van der Waals surface area contributed by atoms with Crippen molar-refractivity contribution >= 4 is 15.9 Å². The maximum Gasteiger partial charge on any atom is 0.134 e. The number of hydrogen-bond donors (Lipinski definition) is 1. The summed E-state index contributed by atoms with van der Waals surface area (Å²) in [4.78, 5) is 2.47. The maximum atomic E-state index is 10.0. The monoisotopic (exact) mass is 297 g/mol. The summed E-state index contributed by atoms with van der Waals surface area (Å²) in [5, 5.41) is 10.0. The van der Waals surface area contributed by atoms with Crippen LogP contribution in [0.5, 0.6) is 5.75 Å². The SMILES string of the molecule is CC1CCC(C)N(Cc2cccc(Br)c2O)C1. The third-order valence-electron chi connectivity index (χ3n) is 3.69.